The quantitative estimate of drug-likeness (QED) is 0.0872. The molecule has 0 amide bonds. The molecule has 2 aromatic carbocycles. The number of carboxylic acids is 1. The average Bonchev–Trinajstić information content (AvgIpc) is 3.38. The number of fused-ring (bicyclic) bond motifs is 8. The molecule has 5 N–H and O–H groups in total. The summed E-state index contributed by atoms with van der Waals surface area (Å²) in [6.45, 7) is 14.1. The van der Waals surface area contributed by atoms with Crippen molar-refractivity contribution in [2.75, 3.05) is 24.9 Å². The van der Waals surface area contributed by atoms with Crippen LogP contribution in [-0.4, -0.2) is 70.6 Å². The first-order valence-electron chi connectivity index (χ1n) is 27.6. The number of esters is 2. The maximum Gasteiger partial charge on any atom is 0.335 e. The monoisotopic (exact) mass is 1040 g/mol. The lowest BCUT2D eigenvalue weighted by Crippen LogP contribution is -2.54. The number of carbonyl (C=O) groups excluding carboxylic acids is 3. The highest BCUT2D eigenvalue weighted by Crippen LogP contribution is 2.59. The Hall–Kier alpha value is -4.81. The molecule has 4 bridgehead atoms. The zero-order chi connectivity index (χ0) is 52.4. The van der Waals surface area contributed by atoms with Crippen molar-refractivity contribution in [3.63, 3.8) is 0 Å². The molecular weight excluding hydrogens is 950 g/mol. The van der Waals surface area contributed by atoms with Crippen LogP contribution in [0, 0.1) is 38.9 Å². The molecule has 8 fully saturated rings. The molecule has 404 valence electrons. The van der Waals surface area contributed by atoms with E-state index in [1.165, 1.54) is 52.7 Å². The van der Waals surface area contributed by atoms with Crippen LogP contribution in [0.25, 0.3) is 21.5 Å². The van der Waals surface area contributed by atoms with Gasteiger partial charge in [0.2, 0.25) is 0 Å². The van der Waals surface area contributed by atoms with Gasteiger partial charge in [-0.2, -0.15) is 0 Å². The summed E-state index contributed by atoms with van der Waals surface area (Å²) in [7, 11) is 2.97. The lowest BCUT2D eigenvalue weighted by molar-refractivity contribution is -0.162. The van der Waals surface area contributed by atoms with Crippen LogP contribution in [0.2, 0.25) is 0 Å². The number of aromatic nitrogens is 2. The minimum Gasteiger partial charge on any atom is -0.478 e. The molecule has 74 heavy (non-hydrogen) atoms. The van der Waals surface area contributed by atoms with Crippen molar-refractivity contribution in [3.8, 4) is 0 Å². The molecule has 12 rings (SSSR count). The van der Waals surface area contributed by atoms with E-state index in [-0.39, 0.29) is 51.9 Å². The minimum absolute atomic E-state index is 0. The molecule has 8 saturated carbocycles. The fourth-order valence-electron chi connectivity index (χ4n) is 13.6. The Morgan fingerprint density at radius 1 is 0.568 bits per heavy atom. The van der Waals surface area contributed by atoms with Gasteiger partial charge in [0.15, 0.2) is 5.78 Å². The summed E-state index contributed by atoms with van der Waals surface area (Å²) >= 11 is 0. The largest absolute Gasteiger partial charge is 0.478 e. The number of halogens is 1. The predicted molar refractivity (Wildman–Crippen MR) is 298 cm³/mol. The van der Waals surface area contributed by atoms with Gasteiger partial charge in [-0.15, -0.1) is 12.4 Å². The van der Waals surface area contributed by atoms with Gasteiger partial charge in [0.05, 0.1) is 30.6 Å². The lowest BCUT2D eigenvalue weighted by Gasteiger charge is -2.51. The Balaban J connectivity index is 0.000000180. The summed E-state index contributed by atoms with van der Waals surface area (Å²) < 4.78 is 9.95. The van der Waals surface area contributed by atoms with Crippen LogP contribution in [0.15, 0.2) is 60.9 Å². The predicted octanol–water partition coefficient (Wildman–Crippen LogP) is 13.9. The second kappa shape index (κ2) is 22.8. The Morgan fingerprint density at radius 3 is 1.32 bits per heavy atom. The first kappa shape index (κ1) is 56.9. The Kier molecular flexibility index (Phi) is 17.5. The summed E-state index contributed by atoms with van der Waals surface area (Å²) in [5, 5.41) is 20.3. The minimum atomic E-state index is -0.899. The number of rotatable bonds is 10. The van der Waals surface area contributed by atoms with Gasteiger partial charge in [0.25, 0.3) is 0 Å². The summed E-state index contributed by atoms with van der Waals surface area (Å²) in [5.74, 6) is 2.57. The molecule has 0 atom stereocenters. The number of Topliss-reactive ketones (excluding diaryl/α,β-unsaturated/α-hetero) is 1. The molecule has 0 radical (unpaired) electrons. The fourth-order valence-corrected chi connectivity index (χ4v) is 13.6. The third-order valence-corrected chi connectivity index (χ3v) is 19.1. The van der Waals surface area contributed by atoms with Crippen molar-refractivity contribution in [1.82, 2.24) is 9.97 Å². The average molecular weight is 1040 g/mol. The number of hydrogen-bond donors (Lipinski definition) is 4. The van der Waals surface area contributed by atoms with E-state index < -0.39 is 5.97 Å². The number of nitrogens with zero attached hydrogens (tertiary/aromatic N) is 2. The van der Waals surface area contributed by atoms with Crippen LogP contribution in [0.4, 0.5) is 11.6 Å². The zero-order valence-electron chi connectivity index (χ0n) is 45.7. The van der Waals surface area contributed by atoms with Gasteiger partial charge in [-0.25, -0.2) is 14.8 Å². The normalized spacial score (nSPS) is 29.3. The smallest absolute Gasteiger partial charge is 0.335 e. The number of carboxylic acid groups (broad SMARTS) is 1. The SMILES string of the molecule is CC(C)(C)C1CCC(Nc2cc3cc(C(=O)O)ccc3cn2)CC1.COC(=O)C12CCC(CC(=O)c3ccc4cnc(NC5CCC(C(C)(C)C)CC5)cc4c3)(CC1)CC2.COC(=O)C12CCC(N)(CC1)CC2.Cl. The van der Waals surface area contributed by atoms with E-state index in [1.54, 1.807) is 12.1 Å². The Morgan fingerprint density at radius 2 is 0.946 bits per heavy atom. The third kappa shape index (κ3) is 13.0. The number of aromatic carboxylic acids is 1. The highest BCUT2D eigenvalue weighted by Gasteiger charge is 2.54. The Labute approximate surface area is 446 Å². The number of ketones is 1. The second-order valence-electron chi connectivity index (χ2n) is 25.7. The van der Waals surface area contributed by atoms with Crippen molar-refractivity contribution in [1.29, 1.82) is 0 Å². The summed E-state index contributed by atoms with van der Waals surface area (Å²) in [6, 6.07) is 16.1. The van der Waals surface area contributed by atoms with Crippen molar-refractivity contribution >= 4 is 69.3 Å². The van der Waals surface area contributed by atoms with Crippen molar-refractivity contribution in [2.24, 2.45) is 44.6 Å². The van der Waals surface area contributed by atoms with Gasteiger partial charge in [-0.1, -0.05) is 59.7 Å². The van der Waals surface area contributed by atoms with Gasteiger partial charge in [0.1, 0.15) is 11.6 Å². The molecule has 8 aliphatic rings. The molecule has 4 aromatic rings. The molecule has 0 saturated heterocycles. The molecule has 12 nitrogen and oxygen atoms in total. The van der Waals surface area contributed by atoms with Crippen LogP contribution in [0.3, 0.4) is 0 Å². The number of methoxy groups -OCH3 is 2. The van der Waals surface area contributed by atoms with Crippen LogP contribution >= 0.6 is 12.4 Å². The number of hydrogen-bond acceptors (Lipinski definition) is 11. The molecule has 13 heteroatoms. The van der Waals surface area contributed by atoms with E-state index in [9.17, 15) is 19.2 Å². The zero-order valence-corrected chi connectivity index (χ0v) is 46.5. The summed E-state index contributed by atoms with van der Waals surface area (Å²) in [6.07, 6.45) is 25.1. The molecule has 8 aliphatic carbocycles. The van der Waals surface area contributed by atoms with E-state index in [0.29, 0.717) is 34.9 Å². The molecule has 0 spiro atoms. The second-order valence-corrected chi connectivity index (χ2v) is 25.7. The maximum atomic E-state index is 13.4. The van der Waals surface area contributed by atoms with Gasteiger partial charge in [-0.05, 0) is 198 Å². The highest BCUT2D eigenvalue weighted by molar-refractivity contribution is 6.00. The molecule has 2 aromatic heterocycles. The number of anilines is 2. The number of pyridine rings is 2. The molecular formula is C61H86ClN5O7. The Bertz CT molecular complexity index is 2590. The van der Waals surface area contributed by atoms with Crippen molar-refractivity contribution in [3.05, 3.63) is 72.1 Å². The van der Waals surface area contributed by atoms with Crippen molar-refractivity contribution < 1.29 is 33.8 Å². The van der Waals surface area contributed by atoms with Gasteiger partial charge in [0, 0.05) is 52.8 Å². The van der Waals surface area contributed by atoms with E-state index in [4.69, 9.17) is 20.3 Å². The van der Waals surface area contributed by atoms with E-state index in [2.05, 4.69) is 68.2 Å². The summed E-state index contributed by atoms with van der Waals surface area (Å²) in [5.41, 5.74) is 7.62. The fraction of sp³-hybridized carbons (Fsp3) is 0.639. The van der Waals surface area contributed by atoms with Gasteiger partial charge in [-0.3, -0.25) is 14.4 Å². The molecule has 0 unspecified atom stereocenters. The first-order chi connectivity index (χ1) is 34.5. The van der Waals surface area contributed by atoms with Crippen LogP contribution in [0.5, 0.6) is 0 Å². The standard InChI is InChI=1S/C31H42N2O3.C20H26N2O2.C10H17NO2.ClH/c1-29(2,3)24-7-9-25(10-8-24)33-27-18-23-17-21(5-6-22(23)20-32-27)26(34)19-30-11-14-31(15-12-30,16-13-30)28(35)36-4;1-20(2,3)16-6-8-17(9-7-16)22-18-11-15-10-13(19(23)24)4-5-14(15)12-21-18;1-13-8(12)9-2-5-10(11,6-3-9)7-4-9;/h5-6,17-18,20,24-25H,7-16,19H2,1-4H3,(H,32,33);4-5,10-12,16-17H,6-9H2,1-3H3,(H,21,22)(H,23,24);2-7,11H2,1H3;1H. The third-order valence-electron chi connectivity index (χ3n) is 19.1. The summed E-state index contributed by atoms with van der Waals surface area (Å²) in [4.78, 5) is 57.6. The number of nitrogens with two attached hydrogens (primary N) is 1. The van der Waals surface area contributed by atoms with Gasteiger partial charge < -0.3 is 30.9 Å². The lowest BCUT2D eigenvalue weighted by atomic mass is 9.52. The topological polar surface area (TPSA) is 183 Å². The number of ether oxygens (including phenoxy) is 2. The molecule has 0 aliphatic heterocycles. The van der Waals surface area contributed by atoms with E-state index >= 15 is 0 Å². The van der Waals surface area contributed by atoms with E-state index in [0.717, 1.165) is 140 Å². The first-order valence-corrected chi connectivity index (χ1v) is 27.6. The van der Waals surface area contributed by atoms with Crippen molar-refractivity contribution in [2.45, 2.75) is 194 Å². The number of nitrogens with one attached hydrogen (secondary N) is 2. The van der Waals surface area contributed by atoms with Crippen LogP contribution in [-0.2, 0) is 19.1 Å². The van der Waals surface area contributed by atoms with Crippen LogP contribution in [0.1, 0.15) is 197 Å². The van der Waals surface area contributed by atoms with Gasteiger partial charge >= 0.3 is 17.9 Å². The number of benzene rings is 2. The van der Waals surface area contributed by atoms with Crippen LogP contribution < -0.4 is 16.4 Å². The van der Waals surface area contributed by atoms with E-state index in [1.807, 2.05) is 42.7 Å². The highest BCUT2D eigenvalue weighted by atomic mass is 35.5. The number of carbonyl (C=O) groups is 4. The molecule has 2 heterocycles. The maximum absolute atomic E-state index is 13.4.